The second kappa shape index (κ2) is 10.9. The van der Waals surface area contributed by atoms with Gasteiger partial charge in [-0.3, -0.25) is 14.9 Å². The van der Waals surface area contributed by atoms with E-state index >= 15 is 0 Å². The van der Waals surface area contributed by atoms with Crippen LogP contribution in [0.2, 0.25) is 5.02 Å². The van der Waals surface area contributed by atoms with E-state index < -0.39 is 17.8 Å². The van der Waals surface area contributed by atoms with Crippen LogP contribution < -0.4 is 29.2 Å². The average Bonchev–Trinajstić information content (AvgIpc) is 3.35. The fourth-order valence-corrected chi connectivity index (χ4v) is 4.53. The van der Waals surface area contributed by atoms with Gasteiger partial charge in [-0.2, -0.15) is 0 Å². The minimum absolute atomic E-state index is 0.0376. The van der Waals surface area contributed by atoms with Crippen molar-refractivity contribution in [3.8, 4) is 23.0 Å². The van der Waals surface area contributed by atoms with E-state index in [1.807, 2.05) is 31.2 Å². The first-order valence-corrected chi connectivity index (χ1v) is 12.9. The fraction of sp³-hybridized carbons (Fsp3) is 0.148. The molecule has 0 aromatic heterocycles. The predicted octanol–water partition coefficient (Wildman–Crippen LogP) is 5.32. The second-order valence-corrected chi connectivity index (χ2v) is 9.83. The van der Waals surface area contributed by atoms with E-state index in [9.17, 15) is 14.4 Å². The number of barbiturate groups is 1. The second-order valence-electron chi connectivity index (χ2n) is 8.17. The fourth-order valence-electron chi connectivity index (χ4n) is 3.89. The van der Waals surface area contributed by atoms with E-state index in [0.29, 0.717) is 35.2 Å². The van der Waals surface area contributed by atoms with Crippen LogP contribution in [0.15, 0.2) is 60.2 Å². The van der Waals surface area contributed by atoms with E-state index in [1.54, 1.807) is 18.2 Å². The van der Waals surface area contributed by atoms with E-state index in [1.165, 1.54) is 18.2 Å². The van der Waals surface area contributed by atoms with Crippen molar-refractivity contribution < 1.29 is 33.3 Å². The van der Waals surface area contributed by atoms with E-state index in [0.717, 1.165) is 14.0 Å². The summed E-state index contributed by atoms with van der Waals surface area (Å²) in [4.78, 5) is 39.4. The lowest BCUT2D eigenvalue weighted by Gasteiger charge is -2.26. The first-order chi connectivity index (χ1) is 18.3. The number of nitrogens with one attached hydrogen (secondary N) is 1. The highest BCUT2D eigenvalue weighted by Gasteiger charge is 2.37. The van der Waals surface area contributed by atoms with E-state index in [2.05, 4.69) is 27.9 Å². The number of nitrogens with zero attached hydrogens (tertiary/aromatic N) is 1. The highest BCUT2D eigenvalue weighted by molar-refractivity contribution is 14.1. The lowest BCUT2D eigenvalue weighted by atomic mass is 10.1. The summed E-state index contributed by atoms with van der Waals surface area (Å²) in [5.74, 6) is -0.0567. The topological polar surface area (TPSA) is 103 Å². The van der Waals surface area contributed by atoms with Crippen molar-refractivity contribution >= 4 is 63.8 Å². The van der Waals surface area contributed by atoms with Gasteiger partial charge in [-0.1, -0.05) is 23.7 Å². The number of urea groups is 1. The maximum absolute atomic E-state index is 13.3. The van der Waals surface area contributed by atoms with Crippen molar-refractivity contribution in [2.75, 3.05) is 18.3 Å². The Kier molecular flexibility index (Phi) is 7.43. The van der Waals surface area contributed by atoms with Crippen molar-refractivity contribution in [3.05, 3.63) is 79.9 Å². The number of fused-ring (bicyclic) bond motifs is 1. The molecule has 4 amide bonds. The monoisotopic (exact) mass is 646 g/mol. The molecule has 9 nitrogen and oxygen atoms in total. The van der Waals surface area contributed by atoms with Crippen LogP contribution in [0.3, 0.4) is 0 Å². The van der Waals surface area contributed by atoms with Crippen LogP contribution in [0.1, 0.15) is 18.1 Å². The Morgan fingerprint density at radius 1 is 1.03 bits per heavy atom. The maximum Gasteiger partial charge on any atom is 0.335 e. The van der Waals surface area contributed by atoms with Gasteiger partial charge in [0, 0.05) is 9.64 Å². The molecule has 0 unspecified atom stereocenters. The third kappa shape index (κ3) is 5.27. The van der Waals surface area contributed by atoms with Crippen molar-refractivity contribution in [2.24, 2.45) is 0 Å². The maximum atomic E-state index is 13.3. The summed E-state index contributed by atoms with van der Waals surface area (Å²) in [5, 5.41) is 2.44. The lowest BCUT2D eigenvalue weighted by Crippen LogP contribution is -2.54. The summed E-state index contributed by atoms with van der Waals surface area (Å²) in [6.07, 6.45) is 1.35. The Balaban J connectivity index is 1.44. The van der Waals surface area contributed by atoms with Crippen molar-refractivity contribution in [2.45, 2.75) is 13.5 Å². The molecule has 1 fully saturated rings. The van der Waals surface area contributed by atoms with Crippen molar-refractivity contribution in [3.63, 3.8) is 0 Å². The summed E-state index contributed by atoms with van der Waals surface area (Å²) in [7, 11) is 0. The minimum atomic E-state index is -0.872. The molecule has 3 aromatic rings. The van der Waals surface area contributed by atoms with E-state index in [4.69, 9.17) is 30.5 Å². The number of hydrogen-bond acceptors (Lipinski definition) is 7. The first-order valence-electron chi connectivity index (χ1n) is 11.5. The number of carbonyl (C=O) groups excluding carboxylic acids is 3. The van der Waals surface area contributed by atoms with Gasteiger partial charge < -0.3 is 18.9 Å². The molecule has 1 N–H and O–H groups in total. The molecule has 2 aliphatic rings. The predicted molar refractivity (Wildman–Crippen MR) is 148 cm³/mol. The molecule has 3 aromatic carbocycles. The molecule has 0 saturated carbocycles. The zero-order valence-electron chi connectivity index (χ0n) is 20.0. The number of rotatable bonds is 7. The van der Waals surface area contributed by atoms with Gasteiger partial charge in [0.25, 0.3) is 11.8 Å². The van der Waals surface area contributed by atoms with Crippen LogP contribution in [-0.4, -0.2) is 31.2 Å². The van der Waals surface area contributed by atoms with Gasteiger partial charge in [0.15, 0.2) is 23.0 Å². The molecule has 0 spiro atoms. The summed E-state index contributed by atoms with van der Waals surface area (Å²) in [6, 6.07) is 14.8. The zero-order chi connectivity index (χ0) is 26.8. The Morgan fingerprint density at radius 3 is 2.55 bits per heavy atom. The molecule has 11 heteroatoms. The Labute approximate surface area is 236 Å². The number of amides is 4. The molecule has 5 rings (SSSR count). The number of anilines is 1. The number of halogens is 2. The van der Waals surface area contributed by atoms with Gasteiger partial charge in [0.2, 0.25) is 6.79 Å². The van der Waals surface area contributed by atoms with Crippen LogP contribution in [0.5, 0.6) is 23.0 Å². The highest BCUT2D eigenvalue weighted by atomic mass is 127. The summed E-state index contributed by atoms with van der Waals surface area (Å²) >= 11 is 8.77. The van der Waals surface area contributed by atoms with Gasteiger partial charge in [0.05, 0.1) is 17.3 Å². The van der Waals surface area contributed by atoms with E-state index in [-0.39, 0.29) is 29.7 Å². The Bertz CT molecular complexity index is 1470. The smallest absolute Gasteiger partial charge is 0.335 e. The van der Waals surface area contributed by atoms with Crippen LogP contribution in [0.25, 0.3) is 6.08 Å². The standard InChI is InChI=1S/C27H20ClIN2O7/c1-2-35-23-11-16(10-20(28)24(23)36-13-15-3-5-17(29)6-4-15)9-19-25(32)30-27(34)31(26(19)33)18-7-8-21-22(12-18)38-14-37-21/h3-12H,2,13-14H2,1H3,(H,30,32,34)/b19-9+. The van der Waals surface area contributed by atoms with Gasteiger partial charge in [-0.05, 0) is 83.1 Å². The molecule has 38 heavy (non-hydrogen) atoms. The molecule has 194 valence electrons. The number of imide groups is 2. The van der Waals surface area contributed by atoms with Crippen molar-refractivity contribution in [1.82, 2.24) is 5.32 Å². The first kappa shape index (κ1) is 25.9. The van der Waals surface area contributed by atoms with Crippen LogP contribution >= 0.6 is 34.2 Å². The van der Waals surface area contributed by atoms with Crippen LogP contribution in [-0.2, 0) is 16.2 Å². The van der Waals surface area contributed by atoms with Gasteiger partial charge in [0.1, 0.15) is 12.2 Å². The normalized spacial score (nSPS) is 15.6. The molecule has 0 bridgehead atoms. The zero-order valence-corrected chi connectivity index (χ0v) is 22.9. The van der Waals surface area contributed by atoms with Gasteiger partial charge >= 0.3 is 6.03 Å². The number of ether oxygens (including phenoxy) is 4. The third-order valence-corrected chi connectivity index (χ3v) is 6.66. The molecular formula is C27H20ClIN2O7. The van der Waals surface area contributed by atoms with Gasteiger partial charge in [-0.15, -0.1) is 0 Å². The number of hydrogen-bond donors (Lipinski definition) is 1. The summed E-state index contributed by atoms with van der Waals surface area (Å²) in [5.41, 5.74) is 1.34. The summed E-state index contributed by atoms with van der Waals surface area (Å²) < 4.78 is 23.4. The molecule has 0 radical (unpaired) electrons. The third-order valence-electron chi connectivity index (χ3n) is 5.66. The van der Waals surface area contributed by atoms with Crippen LogP contribution in [0, 0.1) is 3.57 Å². The van der Waals surface area contributed by atoms with Crippen molar-refractivity contribution in [1.29, 1.82) is 0 Å². The highest BCUT2D eigenvalue weighted by Crippen LogP contribution is 2.39. The average molecular weight is 647 g/mol. The number of benzene rings is 3. The Hall–Kier alpha value is -3.77. The van der Waals surface area contributed by atoms with Crippen LogP contribution in [0.4, 0.5) is 10.5 Å². The molecular weight excluding hydrogens is 627 g/mol. The Morgan fingerprint density at radius 2 is 1.79 bits per heavy atom. The molecule has 1 saturated heterocycles. The quantitative estimate of drug-likeness (QED) is 0.211. The van der Waals surface area contributed by atoms with Gasteiger partial charge in [-0.25, -0.2) is 9.69 Å². The lowest BCUT2D eigenvalue weighted by molar-refractivity contribution is -0.122. The minimum Gasteiger partial charge on any atom is -0.490 e. The SMILES string of the molecule is CCOc1cc(/C=C2\C(=O)NC(=O)N(c3ccc4c(c3)OCO4)C2=O)cc(Cl)c1OCc1ccc(I)cc1. The largest absolute Gasteiger partial charge is 0.490 e. The molecule has 2 aliphatic heterocycles. The molecule has 0 aliphatic carbocycles. The molecule has 2 heterocycles. The summed E-state index contributed by atoms with van der Waals surface area (Å²) in [6.45, 7) is 2.46. The number of carbonyl (C=O) groups is 3. The molecule has 0 atom stereocenters.